The van der Waals surface area contributed by atoms with Crippen molar-refractivity contribution >= 4 is 43.6 Å². The normalized spacial score (nSPS) is 15.2. The molecule has 3 heterocycles. The monoisotopic (exact) mass is 807 g/mol. The molecule has 0 N–H and O–H groups in total. The molecule has 0 amide bonds. The summed E-state index contributed by atoms with van der Waals surface area (Å²) in [6, 6.07) is 31.2. The zero-order chi connectivity index (χ0) is 54.9. The second-order valence-corrected chi connectivity index (χ2v) is 14.5. The molecule has 0 fully saturated rings. The van der Waals surface area contributed by atoms with Crippen LogP contribution in [0.3, 0.4) is 0 Å². The molecule has 0 saturated carbocycles. The maximum absolute atomic E-state index is 9.24. The quantitative estimate of drug-likeness (QED) is 0.161. The summed E-state index contributed by atoms with van der Waals surface area (Å²) in [6.45, 7) is 0. The van der Waals surface area contributed by atoms with E-state index < -0.39 is 109 Å². The summed E-state index contributed by atoms with van der Waals surface area (Å²) in [5, 5.41) is -1.06. The first-order chi connectivity index (χ1) is 37.4. The van der Waals surface area contributed by atoms with Crippen molar-refractivity contribution in [1.29, 1.82) is 0 Å². The fourth-order valence-corrected chi connectivity index (χ4v) is 8.00. The first-order valence-electron chi connectivity index (χ1n) is 27.6. The number of para-hydroxylation sites is 4. The largest absolute Gasteiger partial charge is 0.278 e. The third kappa shape index (κ3) is 6.06. The van der Waals surface area contributed by atoms with E-state index in [1.807, 2.05) is 66.7 Å². The first-order valence-corrected chi connectivity index (χ1v) is 19.6. The maximum atomic E-state index is 9.24. The molecule has 0 saturated heterocycles. The van der Waals surface area contributed by atoms with Gasteiger partial charge in [0.05, 0.1) is 44.0 Å². The van der Waals surface area contributed by atoms with Gasteiger partial charge in [-0.05, 0) is 92.9 Å². The van der Waals surface area contributed by atoms with Crippen molar-refractivity contribution in [2.45, 2.75) is 0 Å². The van der Waals surface area contributed by atoms with E-state index >= 15 is 0 Å². The van der Waals surface area contributed by atoms with Crippen LogP contribution in [-0.2, 0) is 0 Å². The van der Waals surface area contributed by atoms with Crippen LogP contribution in [0.25, 0.3) is 111 Å². The Morgan fingerprint density at radius 3 is 1.06 bits per heavy atom. The number of hydrogen-bond donors (Lipinski definition) is 0. The molecule has 12 rings (SSSR count). The van der Waals surface area contributed by atoms with Crippen LogP contribution in [0.2, 0.25) is 0 Å². The molecule has 0 atom stereocenters. The van der Waals surface area contributed by atoms with Crippen LogP contribution in [-0.4, -0.2) is 24.1 Å². The third-order valence-electron chi connectivity index (χ3n) is 10.9. The Balaban J connectivity index is 1.15. The van der Waals surface area contributed by atoms with Crippen molar-refractivity contribution < 1.29 is 21.9 Å². The molecule has 62 heavy (non-hydrogen) atoms. The highest BCUT2D eigenvalue weighted by molar-refractivity contribution is 6.10. The molecule has 0 aliphatic heterocycles. The van der Waals surface area contributed by atoms with Gasteiger partial charge in [-0.2, -0.15) is 15.0 Å². The fourth-order valence-electron chi connectivity index (χ4n) is 8.00. The molecular weight excluding hydrogens is 755 g/mol. The number of hydrogen-bond acceptors (Lipinski definition) is 3. The van der Waals surface area contributed by atoms with Gasteiger partial charge in [-0.1, -0.05) is 176 Å². The van der Waals surface area contributed by atoms with Crippen LogP contribution in [0, 0.1) is 0 Å². The van der Waals surface area contributed by atoms with Crippen molar-refractivity contribution in [3.05, 3.63) is 224 Å². The highest BCUT2D eigenvalue weighted by Crippen LogP contribution is 2.37. The van der Waals surface area contributed by atoms with E-state index in [1.54, 1.807) is 12.1 Å². The van der Waals surface area contributed by atoms with Gasteiger partial charge in [0.2, 0.25) is 11.9 Å². The molecule has 5 nitrogen and oxygen atoms in total. The van der Waals surface area contributed by atoms with E-state index in [2.05, 4.69) is 48.5 Å². The molecule has 0 aliphatic rings. The number of nitrogens with zero attached hydrogens (tertiary/aromatic N) is 5. The van der Waals surface area contributed by atoms with Gasteiger partial charge in [0.25, 0.3) is 0 Å². The van der Waals surface area contributed by atoms with Gasteiger partial charge in [0, 0.05) is 27.1 Å². The third-order valence-corrected chi connectivity index (χ3v) is 10.9. The Hall–Kier alpha value is -8.41. The highest BCUT2D eigenvalue weighted by Gasteiger charge is 2.20. The minimum Gasteiger partial charge on any atom is -0.278 e. The van der Waals surface area contributed by atoms with Gasteiger partial charge >= 0.3 is 0 Å². The number of rotatable bonds is 7. The zero-order valence-electron chi connectivity index (χ0n) is 48.4. The molecule has 0 aliphatic carbocycles. The van der Waals surface area contributed by atoms with Crippen molar-refractivity contribution in [1.82, 2.24) is 24.1 Å². The predicted molar refractivity (Wildman–Crippen MR) is 256 cm³/mol. The maximum Gasteiger partial charge on any atom is 0.240 e. The van der Waals surface area contributed by atoms with Crippen LogP contribution in [0.4, 0.5) is 0 Å². The second-order valence-electron chi connectivity index (χ2n) is 14.5. The molecule has 12 aromatic rings. The van der Waals surface area contributed by atoms with Gasteiger partial charge in [-0.15, -0.1) is 0 Å². The van der Waals surface area contributed by atoms with Gasteiger partial charge in [0.15, 0.2) is 5.82 Å². The fraction of sp³-hybridized carbons (Fsp3) is 0. The Morgan fingerprint density at radius 2 is 0.613 bits per heavy atom. The first kappa shape index (κ1) is 22.8. The van der Waals surface area contributed by atoms with Crippen LogP contribution in [0.1, 0.15) is 21.9 Å². The molecule has 3 aromatic heterocycles. The lowest BCUT2D eigenvalue weighted by molar-refractivity contribution is 0.893. The molecule has 0 spiro atoms. The van der Waals surface area contributed by atoms with Gasteiger partial charge in [0.1, 0.15) is 0 Å². The Kier molecular flexibility index (Phi) is 5.41. The van der Waals surface area contributed by atoms with Crippen LogP contribution < -0.4 is 0 Å². The lowest BCUT2D eigenvalue weighted by Gasteiger charge is -2.14. The van der Waals surface area contributed by atoms with Crippen LogP contribution >= 0.6 is 0 Å². The number of fused-ring (bicyclic) bond motifs is 6. The summed E-state index contributed by atoms with van der Waals surface area (Å²) in [4.78, 5) is 14.5. The van der Waals surface area contributed by atoms with Gasteiger partial charge in [-0.25, -0.2) is 0 Å². The SMILES string of the molecule is [2H]c1c([2H])c([2H])c2c(c1[2H])c1c([2H])c([2H])c([2H])c([2H])c1n2-c1nc(-c2ccc(-c3cc(-c4ccccc4)cc(-c4cccc(-c5ccccc5)c4)c3)cc2)nc(-n2c3c([2H])c([2H])c([2H])c([2H])c3c3c([2H])c([2H])c([2H])c([2H])c32)n1. The molecule has 0 bridgehead atoms. The molecule has 5 heteroatoms. The summed E-state index contributed by atoms with van der Waals surface area (Å²) in [5.41, 5.74) is 6.63. The Labute approximate surface area is 381 Å². The lowest BCUT2D eigenvalue weighted by Crippen LogP contribution is -2.10. The molecule has 290 valence electrons. The van der Waals surface area contributed by atoms with E-state index in [9.17, 15) is 5.48 Å². The predicted octanol–water partition coefficient (Wildman–Crippen LogP) is 14.4. The molecule has 9 aromatic carbocycles. The minimum atomic E-state index is -0.699. The van der Waals surface area contributed by atoms with E-state index in [4.69, 9.17) is 31.4 Å². The van der Waals surface area contributed by atoms with E-state index in [0.29, 0.717) is 5.56 Å². The minimum absolute atomic E-state index is 0.147. The second kappa shape index (κ2) is 14.7. The van der Waals surface area contributed by atoms with Crippen LogP contribution in [0.15, 0.2) is 224 Å². The summed E-state index contributed by atoms with van der Waals surface area (Å²) in [6.07, 6.45) is 0. The molecule has 0 radical (unpaired) electrons. The number of aromatic nitrogens is 5. The summed E-state index contributed by atoms with van der Waals surface area (Å²) >= 11 is 0. The van der Waals surface area contributed by atoms with Crippen LogP contribution in [0.5, 0.6) is 0 Å². The summed E-state index contributed by atoms with van der Waals surface area (Å²) < 4.78 is 145. The number of benzene rings is 9. The van der Waals surface area contributed by atoms with Crippen molar-refractivity contribution in [2.75, 3.05) is 0 Å². The molecule has 0 unspecified atom stereocenters. The van der Waals surface area contributed by atoms with Crippen molar-refractivity contribution in [3.63, 3.8) is 0 Å². The zero-order valence-corrected chi connectivity index (χ0v) is 32.4. The topological polar surface area (TPSA) is 48.5 Å². The van der Waals surface area contributed by atoms with Crippen molar-refractivity contribution in [3.8, 4) is 67.8 Å². The molecular formula is C57H37N5. The van der Waals surface area contributed by atoms with E-state index in [-0.39, 0.29) is 49.4 Å². The summed E-state index contributed by atoms with van der Waals surface area (Å²) in [7, 11) is 0. The average molecular weight is 808 g/mol. The van der Waals surface area contributed by atoms with E-state index in [0.717, 1.165) is 53.6 Å². The average Bonchev–Trinajstić information content (AvgIpc) is 4.26. The van der Waals surface area contributed by atoms with Gasteiger partial charge < -0.3 is 0 Å². The summed E-state index contributed by atoms with van der Waals surface area (Å²) in [5.74, 6) is -1.08. The lowest BCUT2D eigenvalue weighted by atomic mass is 9.92. The Morgan fingerprint density at radius 1 is 0.290 bits per heavy atom. The van der Waals surface area contributed by atoms with E-state index in [1.165, 1.54) is 0 Å². The standard InChI is InChI=1S/C57H37N5/c1-3-16-38(17-4-1)42-20-15-21-43(34-42)46-36-44(39-18-5-2-6-19-39)35-45(37-46)40-30-32-41(33-31-40)55-58-56(61-51-26-11-7-22-47(51)48-23-8-12-27-52(48)61)60-57(59-55)62-53-28-13-9-24-49(53)50-25-10-14-29-54(50)62/h1-37H/i7D,8D,9D,10D,11D,12D,13D,14D,22D,23D,24D,25D,26D,27D,28D,29D. The smallest absolute Gasteiger partial charge is 0.240 e. The Bertz CT molecular complexity index is 4230. The highest BCUT2D eigenvalue weighted by atomic mass is 15.3. The van der Waals surface area contributed by atoms with Gasteiger partial charge in [-0.3, -0.25) is 9.13 Å². The van der Waals surface area contributed by atoms with Crippen molar-refractivity contribution in [2.24, 2.45) is 0 Å².